The van der Waals surface area contributed by atoms with Gasteiger partial charge in [0.2, 0.25) is 10.0 Å². The fourth-order valence-electron chi connectivity index (χ4n) is 0.859. The topological polar surface area (TPSA) is 76.7 Å². The maximum absolute atomic E-state index is 11.2. The standard InChI is InChI=1S/C8H20N2O4S/c1-13-6-5-9-3-4-10-15(11,12)8-7-14-2/h9-10H,3-8H2,1-2H3. The van der Waals surface area contributed by atoms with Crippen LogP contribution in [0.3, 0.4) is 0 Å². The van der Waals surface area contributed by atoms with Crippen LogP contribution >= 0.6 is 0 Å². The van der Waals surface area contributed by atoms with Crippen molar-refractivity contribution >= 4 is 10.0 Å². The Morgan fingerprint density at radius 2 is 1.67 bits per heavy atom. The van der Waals surface area contributed by atoms with Gasteiger partial charge in [-0.2, -0.15) is 0 Å². The van der Waals surface area contributed by atoms with E-state index in [1.807, 2.05) is 0 Å². The van der Waals surface area contributed by atoms with Gasteiger partial charge < -0.3 is 14.8 Å². The molecule has 0 aliphatic rings. The first kappa shape index (κ1) is 14.8. The monoisotopic (exact) mass is 240 g/mol. The molecule has 0 saturated carbocycles. The molecule has 0 spiro atoms. The van der Waals surface area contributed by atoms with E-state index >= 15 is 0 Å². The number of rotatable bonds is 10. The predicted octanol–water partition coefficient (Wildman–Crippen LogP) is -1.21. The van der Waals surface area contributed by atoms with Gasteiger partial charge in [-0.05, 0) is 0 Å². The molecule has 0 fully saturated rings. The molecule has 0 bridgehead atoms. The first-order chi connectivity index (χ1) is 7.12. The van der Waals surface area contributed by atoms with Crippen molar-refractivity contribution in [2.75, 3.05) is 52.8 Å². The van der Waals surface area contributed by atoms with Gasteiger partial charge in [-0.1, -0.05) is 0 Å². The Bertz CT molecular complexity index is 231. The van der Waals surface area contributed by atoms with Crippen LogP contribution < -0.4 is 10.0 Å². The molecule has 6 nitrogen and oxygen atoms in total. The lowest BCUT2D eigenvalue weighted by Crippen LogP contribution is -2.35. The summed E-state index contributed by atoms with van der Waals surface area (Å²) in [6.45, 7) is 2.53. The highest BCUT2D eigenvalue weighted by Crippen LogP contribution is 1.83. The molecule has 0 amide bonds. The van der Waals surface area contributed by atoms with Gasteiger partial charge in [-0.15, -0.1) is 0 Å². The average molecular weight is 240 g/mol. The summed E-state index contributed by atoms with van der Waals surface area (Å²) >= 11 is 0. The van der Waals surface area contributed by atoms with Crippen molar-refractivity contribution in [2.45, 2.75) is 0 Å². The summed E-state index contributed by atoms with van der Waals surface area (Å²) in [7, 11) is -0.0885. The van der Waals surface area contributed by atoms with Crippen LogP contribution in [0.25, 0.3) is 0 Å². The van der Waals surface area contributed by atoms with Gasteiger partial charge in [0.15, 0.2) is 0 Å². The summed E-state index contributed by atoms with van der Waals surface area (Å²) in [4.78, 5) is 0. The van der Waals surface area contributed by atoms with Crippen LogP contribution in [0.5, 0.6) is 0 Å². The predicted molar refractivity (Wildman–Crippen MR) is 58.4 cm³/mol. The fraction of sp³-hybridized carbons (Fsp3) is 1.00. The van der Waals surface area contributed by atoms with Crippen LogP contribution in [-0.4, -0.2) is 61.2 Å². The molecule has 15 heavy (non-hydrogen) atoms. The number of hydrogen-bond acceptors (Lipinski definition) is 5. The molecular formula is C8H20N2O4S. The van der Waals surface area contributed by atoms with E-state index in [0.717, 1.165) is 6.54 Å². The molecular weight excluding hydrogens is 220 g/mol. The van der Waals surface area contributed by atoms with Crippen molar-refractivity contribution in [3.05, 3.63) is 0 Å². The largest absolute Gasteiger partial charge is 0.384 e. The Morgan fingerprint density at radius 1 is 1.00 bits per heavy atom. The summed E-state index contributed by atoms with van der Waals surface area (Å²) in [5, 5.41) is 3.03. The minimum Gasteiger partial charge on any atom is -0.384 e. The molecule has 0 radical (unpaired) electrons. The van der Waals surface area contributed by atoms with E-state index < -0.39 is 10.0 Å². The second-order valence-corrected chi connectivity index (χ2v) is 4.88. The van der Waals surface area contributed by atoms with Gasteiger partial charge in [0.1, 0.15) is 0 Å². The number of nitrogens with one attached hydrogen (secondary N) is 2. The molecule has 0 saturated heterocycles. The van der Waals surface area contributed by atoms with Crippen LogP contribution in [0.1, 0.15) is 0 Å². The Kier molecular flexibility index (Phi) is 8.92. The van der Waals surface area contributed by atoms with E-state index in [9.17, 15) is 8.42 Å². The van der Waals surface area contributed by atoms with Crippen LogP contribution in [-0.2, 0) is 19.5 Å². The zero-order valence-electron chi connectivity index (χ0n) is 9.28. The van der Waals surface area contributed by atoms with Gasteiger partial charge in [-0.3, -0.25) is 0 Å². The van der Waals surface area contributed by atoms with Crippen molar-refractivity contribution in [1.82, 2.24) is 10.0 Å². The highest BCUT2D eigenvalue weighted by molar-refractivity contribution is 7.89. The minimum atomic E-state index is -3.18. The number of ether oxygens (including phenoxy) is 2. The SMILES string of the molecule is COCCNCCNS(=O)(=O)CCOC. The Labute approximate surface area is 91.4 Å². The molecule has 92 valence electrons. The summed E-state index contributed by atoms with van der Waals surface area (Å²) in [6.07, 6.45) is 0. The van der Waals surface area contributed by atoms with Crippen LogP contribution in [0.2, 0.25) is 0 Å². The molecule has 0 aliphatic heterocycles. The molecule has 0 aromatic carbocycles. The fourth-order valence-corrected chi connectivity index (χ4v) is 1.80. The minimum absolute atomic E-state index is 0.00156. The van der Waals surface area contributed by atoms with E-state index in [1.165, 1.54) is 7.11 Å². The van der Waals surface area contributed by atoms with E-state index in [4.69, 9.17) is 4.74 Å². The van der Waals surface area contributed by atoms with Crippen molar-refractivity contribution in [2.24, 2.45) is 0 Å². The zero-order chi connectivity index (χ0) is 11.6. The van der Waals surface area contributed by atoms with E-state index in [0.29, 0.717) is 19.7 Å². The van der Waals surface area contributed by atoms with E-state index in [-0.39, 0.29) is 12.4 Å². The summed E-state index contributed by atoms with van der Waals surface area (Å²) in [6, 6.07) is 0. The third-order valence-electron chi connectivity index (χ3n) is 1.66. The summed E-state index contributed by atoms with van der Waals surface area (Å²) in [5.41, 5.74) is 0. The molecule has 2 N–H and O–H groups in total. The van der Waals surface area contributed by atoms with Crippen LogP contribution in [0, 0.1) is 0 Å². The third-order valence-corrected chi connectivity index (χ3v) is 3.01. The lowest BCUT2D eigenvalue weighted by Gasteiger charge is -2.06. The highest BCUT2D eigenvalue weighted by atomic mass is 32.2. The van der Waals surface area contributed by atoms with E-state index in [1.54, 1.807) is 7.11 Å². The molecule has 0 rings (SSSR count). The van der Waals surface area contributed by atoms with Crippen molar-refractivity contribution in [3.8, 4) is 0 Å². The zero-order valence-corrected chi connectivity index (χ0v) is 10.1. The van der Waals surface area contributed by atoms with Gasteiger partial charge >= 0.3 is 0 Å². The van der Waals surface area contributed by atoms with Gasteiger partial charge in [-0.25, -0.2) is 13.1 Å². The van der Waals surface area contributed by atoms with Crippen LogP contribution in [0.4, 0.5) is 0 Å². The summed E-state index contributed by atoms with van der Waals surface area (Å²) < 4.78 is 34.4. The maximum Gasteiger partial charge on any atom is 0.213 e. The molecule has 0 aromatic rings. The van der Waals surface area contributed by atoms with E-state index in [2.05, 4.69) is 14.8 Å². The number of sulfonamides is 1. The van der Waals surface area contributed by atoms with Crippen molar-refractivity contribution in [1.29, 1.82) is 0 Å². The van der Waals surface area contributed by atoms with Gasteiger partial charge in [0, 0.05) is 33.9 Å². The Hall–Kier alpha value is -0.210. The highest BCUT2D eigenvalue weighted by Gasteiger charge is 2.07. The first-order valence-electron chi connectivity index (χ1n) is 4.78. The first-order valence-corrected chi connectivity index (χ1v) is 6.43. The number of methoxy groups -OCH3 is 2. The normalized spacial score (nSPS) is 11.9. The number of hydrogen-bond donors (Lipinski definition) is 2. The molecule has 0 aromatic heterocycles. The quantitative estimate of drug-likeness (QED) is 0.469. The molecule has 0 heterocycles. The molecule has 7 heteroatoms. The summed E-state index contributed by atoms with van der Waals surface area (Å²) in [5.74, 6) is 0.00156. The smallest absolute Gasteiger partial charge is 0.213 e. The third kappa shape index (κ3) is 10.1. The lowest BCUT2D eigenvalue weighted by molar-refractivity contribution is 0.199. The average Bonchev–Trinajstić information content (AvgIpc) is 2.20. The van der Waals surface area contributed by atoms with Gasteiger partial charge in [0.05, 0.1) is 19.0 Å². The molecule has 0 atom stereocenters. The maximum atomic E-state index is 11.2. The van der Waals surface area contributed by atoms with Gasteiger partial charge in [0.25, 0.3) is 0 Å². The second-order valence-electron chi connectivity index (χ2n) is 2.95. The molecule has 0 aliphatic carbocycles. The molecule has 0 unspecified atom stereocenters. The lowest BCUT2D eigenvalue weighted by atomic mass is 10.6. The van der Waals surface area contributed by atoms with Crippen LogP contribution in [0.15, 0.2) is 0 Å². The van der Waals surface area contributed by atoms with Crippen molar-refractivity contribution in [3.63, 3.8) is 0 Å². The van der Waals surface area contributed by atoms with Crippen molar-refractivity contribution < 1.29 is 17.9 Å². The second kappa shape index (κ2) is 9.05. The Morgan fingerprint density at radius 3 is 2.27 bits per heavy atom. The Balaban J connectivity index is 3.41.